The number of methoxy groups -OCH3 is 1. The molecule has 0 radical (unpaired) electrons. The van der Waals surface area contributed by atoms with Crippen LogP contribution in [-0.2, 0) is 22.7 Å². The van der Waals surface area contributed by atoms with Crippen molar-refractivity contribution in [2.75, 3.05) is 13.7 Å². The van der Waals surface area contributed by atoms with Crippen LogP contribution in [0.5, 0.6) is 5.75 Å². The second-order valence-corrected chi connectivity index (χ2v) is 9.75. The summed E-state index contributed by atoms with van der Waals surface area (Å²) in [5, 5.41) is 12.4. The van der Waals surface area contributed by atoms with Gasteiger partial charge in [0, 0.05) is 25.3 Å². The van der Waals surface area contributed by atoms with E-state index in [1.165, 1.54) is 24.6 Å². The van der Waals surface area contributed by atoms with E-state index in [0.29, 0.717) is 30.2 Å². The quantitative estimate of drug-likeness (QED) is 0.401. The number of benzene rings is 2. The van der Waals surface area contributed by atoms with E-state index in [1.54, 1.807) is 7.11 Å². The molecular weight excluding hydrogens is 448 g/mol. The first kappa shape index (κ1) is 24.3. The van der Waals surface area contributed by atoms with E-state index in [9.17, 15) is 4.79 Å². The Bertz CT molecular complexity index is 1070. The third-order valence-electron chi connectivity index (χ3n) is 5.99. The van der Waals surface area contributed by atoms with Gasteiger partial charge < -0.3 is 19.4 Å². The van der Waals surface area contributed by atoms with E-state index in [0.717, 1.165) is 29.7 Å². The number of thioether (sulfide) groups is 1. The fourth-order valence-electron chi connectivity index (χ4n) is 4.11. The lowest BCUT2D eigenvalue weighted by atomic mass is 10.1. The number of hydrogen-bond acceptors (Lipinski definition) is 6. The van der Waals surface area contributed by atoms with Gasteiger partial charge in [-0.2, -0.15) is 0 Å². The van der Waals surface area contributed by atoms with Crippen LogP contribution in [0.25, 0.3) is 11.1 Å². The van der Waals surface area contributed by atoms with Gasteiger partial charge in [0.25, 0.3) is 0 Å². The normalized spacial score (nSPS) is 14.8. The standard InChI is InChI=1S/C26H32N4O3S/c1-19(25(31)27-21-12-6-7-13-21)34-26-29-28-24(30(26)16-17-32-2)18-33-23-15-9-8-14-22(23)20-10-4-3-5-11-20/h3-5,8-11,14-15,19,21H,6-7,12-13,16-18H2,1-2H3,(H,27,31). The summed E-state index contributed by atoms with van der Waals surface area (Å²) < 4.78 is 13.5. The van der Waals surface area contributed by atoms with E-state index >= 15 is 0 Å². The van der Waals surface area contributed by atoms with Crippen molar-refractivity contribution in [3.63, 3.8) is 0 Å². The molecule has 4 rings (SSSR count). The monoisotopic (exact) mass is 480 g/mol. The number of ether oxygens (including phenoxy) is 2. The zero-order valence-electron chi connectivity index (χ0n) is 19.8. The molecule has 0 saturated heterocycles. The molecule has 0 spiro atoms. The summed E-state index contributed by atoms with van der Waals surface area (Å²) in [6, 6.07) is 18.4. The number of carbonyl (C=O) groups is 1. The number of para-hydroxylation sites is 1. The number of carbonyl (C=O) groups excluding carboxylic acids is 1. The van der Waals surface area contributed by atoms with Gasteiger partial charge in [-0.05, 0) is 31.4 Å². The maximum atomic E-state index is 12.7. The molecule has 0 bridgehead atoms. The van der Waals surface area contributed by atoms with Crippen molar-refractivity contribution in [3.05, 3.63) is 60.4 Å². The Morgan fingerprint density at radius 3 is 2.62 bits per heavy atom. The molecule has 3 aromatic rings. The summed E-state index contributed by atoms with van der Waals surface area (Å²) in [5.41, 5.74) is 2.12. The van der Waals surface area contributed by atoms with E-state index in [-0.39, 0.29) is 17.8 Å². The molecule has 1 saturated carbocycles. The number of hydrogen-bond donors (Lipinski definition) is 1. The third-order valence-corrected chi connectivity index (χ3v) is 7.07. The van der Waals surface area contributed by atoms with Crippen molar-refractivity contribution in [1.82, 2.24) is 20.1 Å². The van der Waals surface area contributed by atoms with Crippen LogP contribution in [0.3, 0.4) is 0 Å². The van der Waals surface area contributed by atoms with Crippen LogP contribution in [0.4, 0.5) is 0 Å². The highest BCUT2D eigenvalue weighted by molar-refractivity contribution is 8.00. The van der Waals surface area contributed by atoms with Crippen LogP contribution in [0.15, 0.2) is 59.8 Å². The fraction of sp³-hybridized carbons (Fsp3) is 0.423. The van der Waals surface area contributed by atoms with Gasteiger partial charge in [-0.15, -0.1) is 10.2 Å². The van der Waals surface area contributed by atoms with E-state index in [1.807, 2.05) is 54.0 Å². The van der Waals surface area contributed by atoms with Crippen LogP contribution in [-0.4, -0.2) is 45.7 Å². The van der Waals surface area contributed by atoms with Gasteiger partial charge >= 0.3 is 0 Å². The Morgan fingerprint density at radius 2 is 1.85 bits per heavy atom. The molecule has 1 heterocycles. The van der Waals surface area contributed by atoms with Crippen LogP contribution >= 0.6 is 11.8 Å². The second-order valence-electron chi connectivity index (χ2n) is 8.44. The van der Waals surface area contributed by atoms with Crippen LogP contribution in [0, 0.1) is 0 Å². The average molecular weight is 481 g/mol. The molecule has 2 aromatic carbocycles. The summed E-state index contributed by atoms with van der Waals surface area (Å²) in [6.07, 6.45) is 4.52. The lowest BCUT2D eigenvalue weighted by Gasteiger charge is -2.17. The van der Waals surface area contributed by atoms with Crippen molar-refractivity contribution in [1.29, 1.82) is 0 Å². The van der Waals surface area contributed by atoms with Crippen molar-refractivity contribution in [2.45, 2.75) is 62.2 Å². The molecule has 1 N–H and O–H groups in total. The van der Waals surface area contributed by atoms with Crippen molar-refractivity contribution < 1.29 is 14.3 Å². The molecular formula is C26H32N4O3S. The Morgan fingerprint density at radius 1 is 1.12 bits per heavy atom. The zero-order chi connectivity index (χ0) is 23.8. The van der Waals surface area contributed by atoms with Gasteiger partial charge in [0.05, 0.1) is 11.9 Å². The average Bonchev–Trinajstić information content (AvgIpc) is 3.52. The van der Waals surface area contributed by atoms with Gasteiger partial charge in [-0.25, -0.2) is 0 Å². The maximum absolute atomic E-state index is 12.7. The van der Waals surface area contributed by atoms with Crippen molar-refractivity contribution >= 4 is 17.7 Å². The predicted octanol–water partition coefficient (Wildman–Crippen LogP) is 4.71. The molecule has 1 aliphatic carbocycles. The number of amides is 1. The summed E-state index contributed by atoms with van der Waals surface area (Å²) >= 11 is 1.42. The zero-order valence-corrected chi connectivity index (χ0v) is 20.6. The van der Waals surface area contributed by atoms with Gasteiger partial charge in [0.15, 0.2) is 11.0 Å². The second kappa shape index (κ2) is 12.0. The molecule has 34 heavy (non-hydrogen) atoms. The first-order valence-corrected chi connectivity index (χ1v) is 12.7. The molecule has 1 unspecified atom stereocenters. The summed E-state index contributed by atoms with van der Waals surface area (Å²) in [5.74, 6) is 1.53. The Labute approximate surface area is 205 Å². The number of nitrogens with zero attached hydrogens (tertiary/aromatic N) is 3. The first-order chi connectivity index (χ1) is 16.7. The van der Waals surface area contributed by atoms with E-state index in [2.05, 4.69) is 27.6 Å². The third kappa shape index (κ3) is 6.18. The Hall–Kier alpha value is -2.84. The molecule has 8 heteroatoms. The number of aromatic nitrogens is 3. The highest BCUT2D eigenvalue weighted by Gasteiger charge is 2.24. The van der Waals surface area contributed by atoms with Crippen molar-refractivity contribution in [3.8, 4) is 16.9 Å². The molecule has 1 amide bonds. The van der Waals surface area contributed by atoms with Crippen LogP contribution in [0.1, 0.15) is 38.4 Å². The van der Waals surface area contributed by atoms with Gasteiger partial charge in [0.2, 0.25) is 5.91 Å². The van der Waals surface area contributed by atoms with Gasteiger partial charge in [-0.3, -0.25) is 4.79 Å². The first-order valence-electron chi connectivity index (χ1n) is 11.8. The molecule has 7 nitrogen and oxygen atoms in total. The van der Waals surface area contributed by atoms with Crippen LogP contribution < -0.4 is 10.1 Å². The number of rotatable bonds is 11. The summed E-state index contributed by atoms with van der Waals surface area (Å²) in [6.45, 7) is 3.28. The smallest absolute Gasteiger partial charge is 0.233 e. The fourth-order valence-corrected chi connectivity index (χ4v) is 5.01. The highest BCUT2D eigenvalue weighted by Crippen LogP contribution is 2.30. The lowest BCUT2D eigenvalue weighted by molar-refractivity contribution is -0.120. The Balaban J connectivity index is 1.46. The molecule has 1 aromatic heterocycles. The van der Waals surface area contributed by atoms with E-state index < -0.39 is 0 Å². The molecule has 1 fully saturated rings. The topological polar surface area (TPSA) is 78.3 Å². The van der Waals surface area contributed by atoms with Gasteiger partial charge in [-0.1, -0.05) is 73.1 Å². The molecule has 180 valence electrons. The minimum absolute atomic E-state index is 0.0489. The maximum Gasteiger partial charge on any atom is 0.233 e. The minimum atomic E-state index is -0.265. The van der Waals surface area contributed by atoms with Crippen molar-refractivity contribution in [2.24, 2.45) is 0 Å². The lowest BCUT2D eigenvalue weighted by Crippen LogP contribution is -2.37. The predicted molar refractivity (Wildman–Crippen MR) is 134 cm³/mol. The largest absolute Gasteiger partial charge is 0.485 e. The highest BCUT2D eigenvalue weighted by atomic mass is 32.2. The minimum Gasteiger partial charge on any atom is -0.485 e. The van der Waals surface area contributed by atoms with Gasteiger partial charge in [0.1, 0.15) is 12.4 Å². The number of nitrogens with one attached hydrogen (secondary N) is 1. The molecule has 1 aliphatic rings. The molecule has 1 atom stereocenters. The SMILES string of the molecule is COCCn1c(COc2ccccc2-c2ccccc2)nnc1SC(C)C(=O)NC1CCCC1. The summed E-state index contributed by atoms with van der Waals surface area (Å²) in [7, 11) is 1.67. The van der Waals surface area contributed by atoms with E-state index in [4.69, 9.17) is 9.47 Å². The molecule has 0 aliphatic heterocycles. The summed E-state index contributed by atoms with van der Waals surface area (Å²) in [4.78, 5) is 12.7. The Kier molecular flexibility index (Phi) is 8.60. The van der Waals surface area contributed by atoms with Crippen LogP contribution in [0.2, 0.25) is 0 Å².